The number of carbonyl (C=O) groups excluding carboxylic acids is 2. The zero-order chi connectivity index (χ0) is 19.6. The summed E-state index contributed by atoms with van der Waals surface area (Å²) in [5.74, 6) is -1.65. The molecule has 0 radical (unpaired) electrons. The van der Waals surface area contributed by atoms with Crippen molar-refractivity contribution in [2.45, 2.75) is 26.2 Å². The molecule has 0 aliphatic rings. The molecule has 140 valence electrons. The van der Waals surface area contributed by atoms with Crippen LogP contribution in [0.4, 0.5) is 5.88 Å². The van der Waals surface area contributed by atoms with E-state index in [2.05, 4.69) is 10.5 Å². The van der Waals surface area contributed by atoms with Gasteiger partial charge in [-0.05, 0) is 12.1 Å². The Hall–Kier alpha value is -3.42. The predicted octanol–water partition coefficient (Wildman–Crippen LogP) is 2.87. The van der Waals surface area contributed by atoms with Gasteiger partial charge in [0.05, 0.1) is 11.1 Å². The summed E-state index contributed by atoms with van der Waals surface area (Å²) in [5, 5.41) is 6.67. The number of anilines is 1. The number of esters is 1. The van der Waals surface area contributed by atoms with Crippen LogP contribution in [-0.2, 0) is 14.9 Å². The SMILES string of the molecule is CC(C)(C)c1cc(NC(=O)COC(=O)c2cc(=O)c3ccccc3o2)on1. The standard InChI is InChI=1S/C19H18N2O6/c1-19(2,3)15-9-17(27-21-15)20-16(23)10-25-18(24)14-8-12(22)11-6-4-5-7-13(11)26-14/h4-9H,10H2,1-3H3,(H,20,23). The number of para-hydroxylation sites is 1. The molecule has 0 fully saturated rings. The summed E-state index contributed by atoms with van der Waals surface area (Å²) in [4.78, 5) is 36.0. The fourth-order valence-electron chi connectivity index (χ4n) is 2.27. The molecule has 0 unspecified atom stereocenters. The third-order valence-electron chi connectivity index (χ3n) is 3.71. The Bertz CT molecular complexity index is 1060. The van der Waals surface area contributed by atoms with Crippen molar-refractivity contribution >= 4 is 28.7 Å². The highest BCUT2D eigenvalue weighted by molar-refractivity contribution is 5.94. The summed E-state index contributed by atoms with van der Waals surface area (Å²) in [6.45, 7) is 5.29. The third-order valence-corrected chi connectivity index (χ3v) is 3.71. The largest absolute Gasteiger partial charge is 0.450 e. The van der Waals surface area contributed by atoms with Crippen LogP contribution in [0.15, 0.2) is 50.1 Å². The molecular formula is C19H18N2O6. The second-order valence-corrected chi connectivity index (χ2v) is 6.92. The number of ether oxygens (including phenoxy) is 1. The van der Waals surface area contributed by atoms with Gasteiger partial charge in [0.15, 0.2) is 12.0 Å². The lowest BCUT2D eigenvalue weighted by Crippen LogP contribution is -2.21. The summed E-state index contributed by atoms with van der Waals surface area (Å²) in [6.07, 6.45) is 0. The van der Waals surface area contributed by atoms with Crippen molar-refractivity contribution in [3.8, 4) is 0 Å². The average Bonchev–Trinajstić information content (AvgIpc) is 3.08. The highest BCUT2D eigenvalue weighted by Gasteiger charge is 2.20. The van der Waals surface area contributed by atoms with Crippen molar-refractivity contribution in [2.24, 2.45) is 0 Å². The maximum absolute atomic E-state index is 12.1. The molecule has 3 rings (SSSR count). The number of nitrogens with zero attached hydrogens (tertiary/aromatic N) is 1. The first-order valence-corrected chi connectivity index (χ1v) is 8.21. The van der Waals surface area contributed by atoms with Gasteiger partial charge in [-0.15, -0.1) is 0 Å². The van der Waals surface area contributed by atoms with Crippen LogP contribution in [-0.4, -0.2) is 23.6 Å². The smallest absolute Gasteiger partial charge is 0.374 e. The van der Waals surface area contributed by atoms with Gasteiger partial charge in [-0.25, -0.2) is 4.79 Å². The van der Waals surface area contributed by atoms with E-state index < -0.39 is 18.5 Å². The number of amides is 1. The molecule has 2 aromatic heterocycles. The van der Waals surface area contributed by atoms with E-state index in [0.29, 0.717) is 11.1 Å². The molecule has 27 heavy (non-hydrogen) atoms. The van der Waals surface area contributed by atoms with E-state index in [1.807, 2.05) is 20.8 Å². The summed E-state index contributed by atoms with van der Waals surface area (Å²) >= 11 is 0. The van der Waals surface area contributed by atoms with Crippen LogP contribution in [0.25, 0.3) is 11.0 Å². The topological polar surface area (TPSA) is 112 Å². The Morgan fingerprint density at radius 1 is 1.19 bits per heavy atom. The van der Waals surface area contributed by atoms with Crippen LogP contribution < -0.4 is 10.7 Å². The molecule has 0 spiro atoms. The fraction of sp³-hybridized carbons (Fsp3) is 0.263. The predicted molar refractivity (Wildman–Crippen MR) is 96.6 cm³/mol. The van der Waals surface area contributed by atoms with Crippen molar-refractivity contribution in [3.05, 3.63) is 58.1 Å². The molecule has 0 saturated heterocycles. The van der Waals surface area contributed by atoms with Gasteiger partial charge in [0, 0.05) is 17.5 Å². The van der Waals surface area contributed by atoms with E-state index in [1.165, 1.54) is 0 Å². The minimum absolute atomic E-state index is 0.151. The Morgan fingerprint density at radius 2 is 1.93 bits per heavy atom. The van der Waals surface area contributed by atoms with E-state index in [1.54, 1.807) is 30.3 Å². The molecule has 0 bridgehead atoms. The monoisotopic (exact) mass is 370 g/mol. The van der Waals surface area contributed by atoms with Gasteiger partial charge in [0.1, 0.15) is 5.58 Å². The fourth-order valence-corrected chi connectivity index (χ4v) is 2.27. The first-order chi connectivity index (χ1) is 12.7. The summed E-state index contributed by atoms with van der Waals surface area (Å²) in [6, 6.07) is 9.16. The number of fused-ring (bicyclic) bond motifs is 1. The zero-order valence-corrected chi connectivity index (χ0v) is 15.1. The van der Waals surface area contributed by atoms with Crippen LogP contribution in [0.1, 0.15) is 37.0 Å². The maximum atomic E-state index is 12.1. The highest BCUT2D eigenvalue weighted by atomic mass is 16.5. The van der Waals surface area contributed by atoms with Crippen molar-refractivity contribution in [2.75, 3.05) is 11.9 Å². The van der Waals surface area contributed by atoms with Gasteiger partial charge < -0.3 is 13.7 Å². The molecular weight excluding hydrogens is 352 g/mol. The summed E-state index contributed by atoms with van der Waals surface area (Å²) in [5.41, 5.74) is 0.335. The van der Waals surface area contributed by atoms with Crippen molar-refractivity contribution in [1.82, 2.24) is 5.16 Å². The second-order valence-electron chi connectivity index (χ2n) is 6.92. The van der Waals surface area contributed by atoms with Gasteiger partial charge in [-0.1, -0.05) is 38.1 Å². The Labute approximate surface area is 154 Å². The molecule has 1 amide bonds. The highest BCUT2D eigenvalue weighted by Crippen LogP contribution is 2.23. The first kappa shape index (κ1) is 18.4. The second kappa shape index (κ2) is 7.06. The van der Waals surface area contributed by atoms with Crippen molar-refractivity contribution in [1.29, 1.82) is 0 Å². The molecule has 8 heteroatoms. The van der Waals surface area contributed by atoms with Crippen molar-refractivity contribution < 1.29 is 23.3 Å². The zero-order valence-electron chi connectivity index (χ0n) is 15.1. The number of hydrogen-bond acceptors (Lipinski definition) is 7. The number of carbonyl (C=O) groups is 2. The van der Waals surface area contributed by atoms with Crippen LogP contribution in [0.5, 0.6) is 0 Å². The molecule has 3 aromatic rings. The lowest BCUT2D eigenvalue weighted by Gasteiger charge is -2.12. The number of nitrogens with one attached hydrogen (secondary N) is 1. The van der Waals surface area contributed by atoms with Gasteiger partial charge in [0.2, 0.25) is 11.6 Å². The Kier molecular flexibility index (Phi) is 4.81. The minimum atomic E-state index is -0.916. The van der Waals surface area contributed by atoms with Crippen LogP contribution in [0.2, 0.25) is 0 Å². The van der Waals surface area contributed by atoms with E-state index >= 15 is 0 Å². The van der Waals surface area contributed by atoms with Gasteiger partial charge in [-0.3, -0.25) is 14.9 Å². The molecule has 1 aromatic carbocycles. The Balaban J connectivity index is 1.63. The summed E-state index contributed by atoms with van der Waals surface area (Å²) in [7, 11) is 0. The van der Waals surface area contributed by atoms with Crippen molar-refractivity contribution in [3.63, 3.8) is 0 Å². The first-order valence-electron chi connectivity index (χ1n) is 8.21. The van der Waals surface area contributed by atoms with Crippen LogP contribution in [0.3, 0.4) is 0 Å². The maximum Gasteiger partial charge on any atom is 0.374 e. The molecule has 0 aliphatic carbocycles. The number of hydrogen-bond donors (Lipinski definition) is 1. The van der Waals surface area contributed by atoms with Crippen LogP contribution >= 0.6 is 0 Å². The molecule has 2 heterocycles. The molecule has 0 saturated carbocycles. The lowest BCUT2D eigenvalue weighted by atomic mass is 9.92. The number of benzene rings is 1. The third kappa shape index (κ3) is 4.22. The van der Waals surface area contributed by atoms with E-state index in [-0.39, 0.29) is 28.1 Å². The van der Waals surface area contributed by atoms with E-state index in [0.717, 1.165) is 6.07 Å². The lowest BCUT2D eigenvalue weighted by molar-refractivity contribution is -0.119. The molecule has 0 aliphatic heterocycles. The minimum Gasteiger partial charge on any atom is -0.450 e. The quantitative estimate of drug-likeness (QED) is 0.703. The van der Waals surface area contributed by atoms with Gasteiger partial charge in [-0.2, -0.15) is 0 Å². The summed E-state index contributed by atoms with van der Waals surface area (Å²) < 4.78 is 15.3. The van der Waals surface area contributed by atoms with Crippen LogP contribution in [0, 0.1) is 0 Å². The van der Waals surface area contributed by atoms with Gasteiger partial charge in [0.25, 0.3) is 5.91 Å². The molecule has 0 atom stereocenters. The molecule has 1 N–H and O–H groups in total. The average molecular weight is 370 g/mol. The number of rotatable bonds is 4. The molecule has 8 nitrogen and oxygen atoms in total. The van der Waals surface area contributed by atoms with E-state index in [4.69, 9.17) is 13.7 Å². The van der Waals surface area contributed by atoms with E-state index in [9.17, 15) is 14.4 Å². The number of aromatic nitrogens is 1. The van der Waals surface area contributed by atoms with Gasteiger partial charge >= 0.3 is 5.97 Å². The normalized spacial score (nSPS) is 11.4. The Morgan fingerprint density at radius 3 is 2.63 bits per heavy atom.